The van der Waals surface area contributed by atoms with Crippen molar-refractivity contribution in [2.45, 2.75) is 24.6 Å². The summed E-state index contributed by atoms with van der Waals surface area (Å²) in [4.78, 5) is 0. The van der Waals surface area contributed by atoms with E-state index >= 15 is 0 Å². The van der Waals surface area contributed by atoms with Gasteiger partial charge in [-0.1, -0.05) is 48.2 Å². The van der Waals surface area contributed by atoms with E-state index in [1.165, 1.54) is 12.1 Å². The van der Waals surface area contributed by atoms with Gasteiger partial charge in [0.05, 0.1) is 0 Å². The van der Waals surface area contributed by atoms with E-state index in [0.717, 1.165) is 18.4 Å². The summed E-state index contributed by atoms with van der Waals surface area (Å²) in [5, 5.41) is 10.4. The Kier molecular flexibility index (Phi) is 4.02. The number of nitrogens with two attached hydrogens (primary N) is 1. The van der Waals surface area contributed by atoms with Gasteiger partial charge in [-0.3, -0.25) is 0 Å². The Labute approximate surface area is 138 Å². The van der Waals surface area contributed by atoms with Gasteiger partial charge in [0.2, 0.25) is 5.60 Å². The summed E-state index contributed by atoms with van der Waals surface area (Å²) >= 11 is 0. The van der Waals surface area contributed by atoms with Crippen molar-refractivity contribution in [2.75, 3.05) is 5.73 Å². The lowest BCUT2D eigenvalue weighted by atomic mass is 9.89. The average molecular weight is 331 g/mol. The number of aliphatic hydroxyl groups is 1. The zero-order chi connectivity index (χ0) is 17.4. The second-order valence-electron chi connectivity index (χ2n) is 5.92. The van der Waals surface area contributed by atoms with Crippen molar-refractivity contribution in [1.29, 1.82) is 0 Å². The van der Waals surface area contributed by atoms with Crippen molar-refractivity contribution < 1.29 is 18.3 Å². The highest BCUT2D eigenvalue weighted by atomic mass is 19.4. The molecule has 2 aromatic rings. The molecule has 1 aliphatic rings. The lowest BCUT2D eigenvalue weighted by Crippen LogP contribution is -2.41. The zero-order valence-corrected chi connectivity index (χ0v) is 12.8. The Bertz CT molecular complexity index is 801. The highest BCUT2D eigenvalue weighted by molar-refractivity contribution is 5.69. The van der Waals surface area contributed by atoms with Crippen LogP contribution in [0.1, 0.15) is 18.4 Å². The van der Waals surface area contributed by atoms with E-state index in [0.29, 0.717) is 5.56 Å². The molecule has 0 aromatic heterocycles. The van der Waals surface area contributed by atoms with Crippen LogP contribution in [0.3, 0.4) is 0 Å². The van der Waals surface area contributed by atoms with Crippen LogP contribution >= 0.6 is 0 Å². The molecule has 0 saturated heterocycles. The molecule has 124 valence electrons. The molecule has 0 radical (unpaired) electrons. The van der Waals surface area contributed by atoms with Crippen molar-refractivity contribution in [3.8, 4) is 23.0 Å². The molecule has 24 heavy (non-hydrogen) atoms. The largest absolute Gasteiger partial charge is 0.433 e. The second kappa shape index (κ2) is 5.88. The molecule has 1 saturated carbocycles. The highest BCUT2D eigenvalue weighted by Gasteiger charge is 2.55. The average Bonchev–Trinajstić information content (AvgIpc) is 3.37. The van der Waals surface area contributed by atoms with Crippen LogP contribution in [0.4, 0.5) is 18.9 Å². The minimum atomic E-state index is -4.95. The van der Waals surface area contributed by atoms with E-state index in [1.54, 1.807) is 30.3 Å². The highest BCUT2D eigenvalue weighted by Crippen LogP contribution is 2.42. The van der Waals surface area contributed by atoms with Crippen LogP contribution in [0.2, 0.25) is 0 Å². The quantitative estimate of drug-likeness (QED) is 0.643. The molecule has 3 rings (SSSR count). The summed E-state index contributed by atoms with van der Waals surface area (Å²) in [6.45, 7) is 0. The van der Waals surface area contributed by atoms with E-state index < -0.39 is 17.3 Å². The monoisotopic (exact) mass is 331 g/mol. The molecule has 3 N–H and O–H groups in total. The van der Waals surface area contributed by atoms with E-state index in [-0.39, 0.29) is 11.6 Å². The van der Waals surface area contributed by atoms with Gasteiger partial charge in [0, 0.05) is 17.2 Å². The maximum Gasteiger partial charge on any atom is 0.433 e. The Morgan fingerprint density at radius 3 is 2.25 bits per heavy atom. The normalized spacial score (nSPS) is 16.8. The standard InChI is InChI=1S/C19H16F3NO/c20-19(21,22)18(24,11-10-13-6-7-13)16-12-15(8-9-17(16)23)14-4-2-1-3-5-14/h1-5,8-9,12-13,24H,6-7,23H2. The molecule has 0 amide bonds. The molecule has 1 atom stereocenters. The molecule has 5 heteroatoms. The number of rotatable bonds is 2. The van der Waals surface area contributed by atoms with E-state index in [1.807, 2.05) is 12.0 Å². The lowest BCUT2D eigenvalue weighted by Gasteiger charge is -2.27. The summed E-state index contributed by atoms with van der Waals surface area (Å²) < 4.78 is 40.7. The summed E-state index contributed by atoms with van der Waals surface area (Å²) in [7, 11) is 0. The van der Waals surface area contributed by atoms with Gasteiger partial charge < -0.3 is 10.8 Å². The Balaban J connectivity index is 2.13. The molecule has 1 fully saturated rings. The third kappa shape index (κ3) is 3.10. The fraction of sp³-hybridized carbons (Fsp3) is 0.263. The minimum absolute atomic E-state index is 0.0718. The predicted molar refractivity (Wildman–Crippen MR) is 86.7 cm³/mol. The van der Waals surface area contributed by atoms with Crippen molar-refractivity contribution in [1.82, 2.24) is 0 Å². The second-order valence-corrected chi connectivity index (χ2v) is 5.92. The topological polar surface area (TPSA) is 46.2 Å². The van der Waals surface area contributed by atoms with E-state index in [2.05, 4.69) is 5.92 Å². The van der Waals surface area contributed by atoms with Gasteiger partial charge in [0.15, 0.2) is 0 Å². The molecule has 2 nitrogen and oxygen atoms in total. The maximum atomic E-state index is 13.6. The van der Waals surface area contributed by atoms with Gasteiger partial charge in [-0.2, -0.15) is 13.2 Å². The van der Waals surface area contributed by atoms with Crippen LogP contribution in [0, 0.1) is 17.8 Å². The van der Waals surface area contributed by atoms with Crippen LogP contribution in [0.15, 0.2) is 48.5 Å². The number of halogens is 3. The van der Waals surface area contributed by atoms with Crippen LogP contribution in [-0.2, 0) is 5.60 Å². The molecule has 1 aliphatic carbocycles. The smallest absolute Gasteiger partial charge is 0.398 e. The number of alkyl halides is 3. The molecular weight excluding hydrogens is 315 g/mol. The molecule has 0 bridgehead atoms. The van der Waals surface area contributed by atoms with Crippen molar-refractivity contribution in [3.63, 3.8) is 0 Å². The number of nitrogen functional groups attached to an aromatic ring is 1. The number of hydrogen-bond acceptors (Lipinski definition) is 2. The maximum absolute atomic E-state index is 13.6. The first-order valence-corrected chi connectivity index (χ1v) is 7.58. The molecule has 0 heterocycles. The van der Waals surface area contributed by atoms with Crippen LogP contribution in [0.5, 0.6) is 0 Å². The van der Waals surface area contributed by atoms with Gasteiger partial charge in [-0.25, -0.2) is 0 Å². The fourth-order valence-corrected chi connectivity index (χ4v) is 2.40. The number of anilines is 1. The third-order valence-electron chi connectivity index (χ3n) is 3.99. The predicted octanol–water partition coefficient (Wildman–Crippen LogP) is 4.10. The van der Waals surface area contributed by atoms with Gasteiger partial charge >= 0.3 is 6.18 Å². The van der Waals surface area contributed by atoms with E-state index in [9.17, 15) is 18.3 Å². The molecule has 1 unspecified atom stereocenters. The molecule has 0 aliphatic heterocycles. The van der Waals surface area contributed by atoms with Gasteiger partial charge in [0.25, 0.3) is 0 Å². The van der Waals surface area contributed by atoms with Crippen LogP contribution in [0.25, 0.3) is 11.1 Å². The van der Waals surface area contributed by atoms with Gasteiger partial charge in [0.1, 0.15) is 0 Å². The van der Waals surface area contributed by atoms with Crippen LogP contribution in [-0.4, -0.2) is 11.3 Å². The third-order valence-corrected chi connectivity index (χ3v) is 3.99. The lowest BCUT2D eigenvalue weighted by molar-refractivity contribution is -0.240. The fourth-order valence-electron chi connectivity index (χ4n) is 2.40. The summed E-state index contributed by atoms with van der Waals surface area (Å²) in [5.74, 6) is 4.48. The van der Waals surface area contributed by atoms with Crippen molar-refractivity contribution >= 4 is 5.69 Å². The summed E-state index contributed by atoms with van der Waals surface area (Å²) in [5.41, 5.74) is 3.18. The summed E-state index contributed by atoms with van der Waals surface area (Å²) in [6, 6.07) is 13.2. The molecule has 2 aromatic carbocycles. The first-order chi connectivity index (χ1) is 11.3. The van der Waals surface area contributed by atoms with Gasteiger partial charge in [-0.15, -0.1) is 0 Å². The van der Waals surface area contributed by atoms with Gasteiger partial charge in [-0.05, 0) is 36.1 Å². The number of benzene rings is 2. The number of hydrogen-bond donors (Lipinski definition) is 2. The van der Waals surface area contributed by atoms with Crippen molar-refractivity contribution in [3.05, 3.63) is 54.1 Å². The molecule has 0 spiro atoms. The zero-order valence-electron chi connectivity index (χ0n) is 12.8. The SMILES string of the molecule is Nc1ccc(-c2ccccc2)cc1C(O)(C#CC1CC1)C(F)(F)F. The van der Waals surface area contributed by atoms with E-state index in [4.69, 9.17) is 5.73 Å². The Hall–Kier alpha value is -2.45. The summed E-state index contributed by atoms with van der Waals surface area (Å²) in [6.07, 6.45) is -3.42. The Morgan fingerprint density at radius 1 is 1.00 bits per heavy atom. The first kappa shape index (κ1) is 16.4. The first-order valence-electron chi connectivity index (χ1n) is 7.58. The van der Waals surface area contributed by atoms with Crippen LogP contribution < -0.4 is 5.73 Å². The minimum Gasteiger partial charge on any atom is -0.398 e. The Morgan fingerprint density at radius 2 is 1.67 bits per heavy atom. The molecular formula is C19H16F3NO. The van der Waals surface area contributed by atoms with Crippen molar-refractivity contribution in [2.24, 2.45) is 5.92 Å².